The number of fused-ring (bicyclic) bond motifs is 1. The van der Waals surface area contributed by atoms with Gasteiger partial charge in [0.25, 0.3) is 0 Å². The molecule has 1 aromatic carbocycles. The van der Waals surface area contributed by atoms with Crippen molar-refractivity contribution in [2.24, 2.45) is 11.8 Å². The molecule has 3 unspecified atom stereocenters. The van der Waals surface area contributed by atoms with Gasteiger partial charge in [-0.2, -0.15) is 0 Å². The highest BCUT2D eigenvalue weighted by atomic mass is 16.5. The van der Waals surface area contributed by atoms with Gasteiger partial charge in [-0.25, -0.2) is 0 Å². The molecule has 1 aliphatic heterocycles. The van der Waals surface area contributed by atoms with Crippen LogP contribution in [0.2, 0.25) is 0 Å². The third-order valence-electron chi connectivity index (χ3n) is 5.29. The van der Waals surface area contributed by atoms with Crippen molar-refractivity contribution in [3.8, 4) is 5.75 Å². The highest BCUT2D eigenvalue weighted by Gasteiger charge is 2.33. The first kappa shape index (κ1) is 13.9. The molecule has 20 heavy (non-hydrogen) atoms. The van der Waals surface area contributed by atoms with Crippen molar-refractivity contribution in [3.05, 3.63) is 29.3 Å². The fourth-order valence-corrected chi connectivity index (χ4v) is 4.11. The zero-order valence-corrected chi connectivity index (χ0v) is 12.8. The number of benzene rings is 1. The molecule has 2 aliphatic rings. The van der Waals surface area contributed by atoms with Crippen LogP contribution in [0.3, 0.4) is 0 Å². The maximum atomic E-state index is 5.96. The summed E-state index contributed by atoms with van der Waals surface area (Å²) < 4.78 is 5.96. The van der Waals surface area contributed by atoms with Crippen LogP contribution in [-0.4, -0.2) is 20.2 Å². The van der Waals surface area contributed by atoms with Crippen molar-refractivity contribution in [1.82, 2.24) is 5.32 Å². The number of ether oxygens (including phenoxy) is 1. The summed E-state index contributed by atoms with van der Waals surface area (Å²) in [5, 5.41) is 3.40. The molecule has 1 fully saturated rings. The van der Waals surface area contributed by atoms with E-state index in [4.69, 9.17) is 4.74 Å². The molecule has 2 heteroatoms. The molecule has 1 N–H and O–H groups in total. The van der Waals surface area contributed by atoms with Crippen LogP contribution in [0.5, 0.6) is 5.75 Å². The molecule has 2 nitrogen and oxygen atoms in total. The second kappa shape index (κ2) is 6.17. The first-order valence-electron chi connectivity index (χ1n) is 8.22. The van der Waals surface area contributed by atoms with E-state index in [9.17, 15) is 0 Å². The topological polar surface area (TPSA) is 21.3 Å². The van der Waals surface area contributed by atoms with Gasteiger partial charge in [-0.05, 0) is 55.3 Å². The molecule has 0 aromatic heterocycles. The normalized spacial score (nSPS) is 29.0. The summed E-state index contributed by atoms with van der Waals surface area (Å²) in [6.45, 7) is 4.34. The molecular weight excluding hydrogens is 246 g/mol. The second-order valence-corrected chi connectivity index (χ2v) is 6.45. The summed E-state index contributed by atoms with van der Waals surface area (Å²) in [5.41, 5.74) is 2.91. The molecule has 0 spiro atoms. The monoisotopic (exact) mass is 273 g/mol. The quantitative estimate of drug-likeness (QED) is 0.902. The number of para-hydroxylation sites is 1. The van der Waals surface area contributed by atoms with E-state index in [1.165, 1.54) is 42.6 Å². The van der Waals surface area contributed by atoms with E-state index in [1.807, 2.05) is 0 Å². The minimum absolute atomic E-state index is 0.675. The summed E-state index contributed by atoms with van der Waals surface area (Å²) >= 11 is 0. The first-order chi connectivity index (χ1) is 9.83. The van der Waals surface area contributed by atoms with Gasteiger partial charge < -0.3 is 10.1 Å². The predicted octanol–water partition coefficient (Wildman–Crippen LogP) is 3.75. The summed E-state index contributed by atoms with van der Waals surface area (Å²) in [6, 6.07) is 6.78. The van der Waals surface area contributed by atoms with Gasteiger partial charge >= 0.3 is 0 Å². The van der Waals surface area contributed by atoms with Crippen LogP contribution in [0.1, 0.15) is 49.7 Å². The molecule has 1 aliphatic carbocycles. The lowest BCUT2D eigenvalue weighted by atomic mass is 9.70. The first-order valence-corrected chi connectivity index (χ1v) is 8.22. The Bertz CT molecular complexity index is 457. The van der Waals surface area contributed by atoms with E-state index in [2.05, 4.69) is 37.5 Å². The molecule has 1 saturated carbocycles. The van der Waals surface area contributed by atoms with Crippen molar-refractivity contribution in [1.29, 1.82) is 0 Å². The van der Waals surface area contributed by atoms with Crippen LogP contribution in [0.25, 0.3) is 0 Å². The molecule has 1 aromatic rings. The van der Waals surface area contributed by atoms with Crippen LogP contribution < -0.4 is 10.1 Å². The molecule has 0 amide bonds. The molecule has 3 atom stereocenters. The standard InChI is InChI=1S/C18H27NO/c1-3-13-7-8-15(12-19-2)17(11-13)16-6-4-5-14-9-10-20-18(14)16/h4-6,13,15,17,19H,3,7-12H2,1-2H3. The Hall–Kier alpha value is -1.02. The molecule has 0 bridgehead atoms. The average Bonchev–Trinajstić information content (AvgIpc) is 2.96. The number of hydrogen-bond acceptors (Lipinski definition) is 2. The van der Waals surface area contributed by atoms with Gasteiger partial charge in [0.15, 0.2) is 0 Å². The average molecular weight is 273 g/mol. The van der Waals surface area contributed by atoms with Crippen LogP contribution in [-0.2, 0) is 6.42 Å². The van der Waals surface area contributed by atoms with E-state index < -0.39 is 0 Å². The van der Waals surface area contributed by atoms with Crippen LogP contribution in [0.4, 0.5) is 0 Å². The highest BCUT2D eigenvalue weighted by molar-refractivity contribution is 5.46. The van der Waals surface area contributed by atoms with E-state index >= 15 is 0 Å². The van der Waals surface area contributed by atoms with Crippen molar-refractivity contribution in [2.75, 3.05) is 20.2 Å². The Kier molecular flexibility index (Phi) is 4.30. The lowest BCUT2D eigenvalue weighted by Crippen LogP contribution is -2.30. The largest absolute Gasteiger partial charge is 0.493 e. The Morgan fingerprint density at radius 2 is 2.20 bits per heavy atom. The third kappa shape index (κ3) is 2.58. The molecule has 3 rings (SSSR count). The van der Waals surface area contributed by atoms with E-state index in [-0.39, 0.29) is 0 Å². The number of nitrogens with one attached hydrogen (secondary N) is 1. The summed E-state index contributed by atoms with van der Waals surface area (Å²) in [5.74, 6) is 3.55. The summed E-state index contributed by atoms with van der Waals surface area (Å²) in [4.78, 5) is 0. The molecule has 110 valence electrons. The fourth-order valence-electron chi connectivity index (χ4n) is 4.11. The van der Waals surface area contributed by atoms with Crippen LogP contribution in [0, 0.1) is 11.8 Å². The van der Waals surface area contributed by atoms with Crippen LogP contribution >= 0.6 is 0 Å². The van der Waals surface area contributed by atoms with E-state index in [0.29, 0.717) is 5.92 Å². The maximum Gasteiger partial charge on any atom is 0.126 e. The molecule has 0 radical (unpaired) electrons. The highest BCUT2D eigenvalue weighted by Crippen LogP contribution is 2.46. The molecule has 1 heterocycles. The lowest BCUT2D eigenvalue weighted by molar-refractivity contribution is 0.224. The SMILES string of the molecule is CCC1CCC(CNC)C(c2cccc3c2OCC3)C1. The minimum Gasteiger partial charge on any atom is -0.493 e. The van der Waals surface area contributed by atoms with Gasteiger partial charge in [0, 0.05) is 6.42 Å². The van der Waals surface area contributed by atoms with Gasteiger partial charge in [-0.3, -0.25) is 0 Å². The van der Waals surface area contributed by atoms with Gasteiger partial charge in [0.1, 0.15) is 5.75 Å². The Morgan fingerprint density at radius 3 is 3.00 bits per heavy atom. The lowest BCUT2D eigenvalue weighted by Gasteiger charge is -2.37. The number of rotatable bonds is 4. The van der Waals surface area contributed by atoms with Gasteiger partial charge in [0.05, 0.1) is 6.61 Å². The van der Waals surface area contributed by atoms with Crippen molar-refractivity contribution >= 4 is 0 Å². The predicted molar refractivity (Wildman–Crippen MR) is 83.4 cm³/mol. The van der Waals surface area contributed by atoms with Crippen molar-refractivity contribution in [3.63, 3.8) is 0 Å². The summed E-state index contributed by atoms with van der Waals surface area (Å²) in [7, 11) is 2.08. The Morgan fingerprint density at radius 1 is 1.30 bits per heavy atom. The molecular formula is C18H27NO. The van der Waals surface area contributed by atoms with Crippen LogP contribution in [0.15, 0.2) is 18.2 Å². The van der Waals surface area contributed by atoms with Crippen molar-refractivity contribution in [2.45, 2.75) is 44.9 Å². The van der Waals surface area contributed by atoms with Gasteiger partial charge in [-0.15, -0.1) is 0 Å². The van der Waals surface area contributed by atoms with Crippen molar-refractivity contribution < 1.29 is 4.74 Å². The Labute approximate surface area is 122 Å². The zero-order valence-electron chi connectivity index (χ0n) is 12.8. The Balaban J connectivity index is 1.90. The second-order valence-electron chi connectivity index (χ2n) is 6.45. The van der Waals surface area contributed by atoms with E-state index in [0.717, 1.165) is 31.4 Å². The third-order valence-corrected chi connectivity index (χ3v) is 5.29. The smallest absolute Gasteiger partial charge is 0.126 e. The van der Waals surface area contributed by atoms with E-state index in [1.54, 1.807) is 0 Å². The minimum atomic E-state index is 0.675. The van der Waals surface area contributed by atoms with Gasteiger partial charge in [0.2, 0.25) is 0 Å². The van der Waals surface area contributed by atoms with Gasteiger partial charge in [-0.1, -0.05) is 38.0 Å². The number of hydrogen-bond donors (Lipinski definition) is 1. The fraction of sp³-hybridized carbons (Fsp3) is 0.667. The maximum absolute atomic E-state index is 5.96. The zero-order chi connectivity index (χ0) is 13.9. The summed E-state index contributed by atoms with van der Waals surface area (Å²) in [6.07, 6.45) is 6.49. The molecule has 0 saturated heterocycles.